The summed E-state index contributed by atoms with van der Waals surface area (Å²) in [4.78, 5) is 1.42. The van der Waals surface area contributed by atoms with Gasteiger partial charge in [-0.3, -0.25) is 0 Å². The van der Waals surface area contributed by atoms with Crippen LogP contribution >= 0.6 is 11.8 Å². The zero-order valence-corrected chi connectivity index (χ0v) is 13.0. The number of hydrogen-bond donors (Lipinski definition) is 1. The van der Waals surface area contributed by atoms with Crippen molar-refractivity contribution >= 4 is 17.4 Å². The summed E-state index contributed by atoms with van der Waals surface area (Å²) in [6.45, 7) is 2.90. The molecule has 1 aromatic carbocycles. The van der Waals surface area contributed by atoms with Crippen molar-refractivity contribution in [2.75, 3.05) is 25.1 Å². The molecular formula is C17H25NOS. The molecule has 1 saturated carbocycles. The monoisotopic (exact) mass is 291 g/mol. The Hall–Kier alpha value is -0.670. The Bertz CT molecular complexity index is 394. The highest BCUT2D eigenvalue weighted by Crippen LogP contribution is 2.34. The number of ether oxygens (including phenoxy) is 1. The first-order chi connectivity index (χ1) is 9.90. The molecule has 0 amide bonds. The van der Waals surface area contributed by atoms with Crippen molar-refractivity contribution in [2.45, 2.75) is 48.7 Å². The lowest BCUT2D eigenvalue weighted by Gasteiger charge is -2.22. The molecule has 1 N–H and O–H groups in total. The van der Waals surface area contributed by atoms with Gasteiger partial charge in [-0.2, -0.15) is 0 Å². The Labute approximate surface area is 126 Å². The summed E-state index contributed by atoms with van der Waals surface area (Å²) in [7, 11) is 0. The van der Waals surface area contributed by atoms with Gasteiger partial charge >= 0.3 is 0 Å². The van der Waals surface area contributed by atoms with E-state index < -0.39 is 0 Å². The van der Waals surface area contributed by atoms with E-state index in [2.05, 4.69) is 41.3 Å². The number of thioether (sulfide) groups is 1. The van der Waals surface area contributed by atoms with Crippen LogP contribution in [0.25, 0.3) is 0 Å². The van der Waals surface area contributed by atoms with Gasteiger partial charge in [0.05, 0.1) is 6.61 Å². The van der Waals surface area contributed by atoms with E-state index in [9.17, 15) is 0 Å². The summed E-state index contributed by atoms with van der Waals surface area (Å²) in [5, 5.41) is 4.40. The Kier molecular flexibility index (Phi) is 5.26. The van der Waals surface area contributed by atoms with Gasteiger partial charge in [0.1, 0.15) is 0 Å². The highest BCUT2D eigenvalue weighted by atomic mass is 32.2. The van der Waals surface area contributed by atoms with E-state index in [1.54, 1.807) is 0 Å². The molecule has 2 aliphatic rings. The second-order valence-electron chi connectivity index (χ2n) is 6.01. The maximum absolute atomic E-state index is 5.52. The highest BCUT2D eigenvalue weighted by Gasteiger charge is 2.16. The average Bonchev–Trinajstić information content (AvgIpc) is 3.01. The van der Waals surface area contributed by atoms with E-state index in [4.69, 9.17) is 4.74 Å². The first-order valence-electron chi connectivity index (χ1n) is 7.98. The summed E-state index contributed by atoms with van der Waals surface area (Å²) in [6.07, 6.45) is 8.13. The maximum atomic E-state index is 5.52. The molecule has 1 saturated heterocycles. The predicted molar refractivity (Wildman–Crippen MR) is 86.6 cm³/mol. The van der Waals surface area contributed by atoms with Crippen molar-refractivity contribution in [3.63, 3.8) is 0 Å². The van der Waals surface area contributed by atoms with Crippen LogP contribution in [0.15, 0.2) is 29.2 Å². The predicted octanol–water partition coefficient (Wildman–Crippen LogP) is 4.56. The third kappa shape index (κ3) is 4.16. The van der Waals surface area contributed by atoms with Crippen molar-refractivity contribution in [3.05, 3.63) is 24.3 Å². The lowest BCUT2D eigenvalue weighted by atomic mass is 10.0. The molecule has 1 unspecified atom stereocenters. The van der Waals surface area contributed by atoms with E-state index >= 15 is 0 Å². The molecule has 110 valence electrons. The van der Waals surface area contributed by atoms with Crippen LogP contribution in [0.4, 0.5) is 5.69 Å². The Morgan fingerprint density at radius 1 is 1.05 bits per heavy atom. The topological polar surface area (TPSA) is 21.3 Å². The van der Waals surface area contributed by atoms with E-state index in [-0.39, 0.29) is 0 Å². The SMILES string of the molecule is c1cc(SC2CCCC2)ccc1NCC1CCCOC1. The van der Waals surface area contributed by atoms with Gasteiger partial charge in [0.2, 0.25) is 0 Å². The standard InChI is InChI=1S/C17H25NOS/c1-2-6-16(5-1)20-17-9-7-15(8-10-17)18-12-14-4-3-11-19-13-14/h7-10,14,16,18H,1-6,11-13H2. The third-order valence-electron chi connectivity index (χ3n) is 4.31. The van der Waals surface area contributed by atoms with Gasteiger partial charge in [-0.05, 0) is 55.9 Å². The summed E-state index contributed by atoms with van der Waals surface area (Å²) in [5.41, 5.74) is 1.24. The lowest BCUT2D eigenvalue weighted by molar-refractivity contribution is 0.0595. The zero-order chi connectivity index (χ0) is 13.6. The van der Waals surface area contributed by atoms with Gasteiger partial charge < -0.3 is 10.1 Å². The minimum atomic E-state index is 0.677. The number of anilines is 1. The molecule has 0 radical (unpaired) electrons. The fourth-order valence-corrected chi connectivity index (χ4v) is 4.33. The number of nitrogens with one attached hydrogen (secondary N) is 1. The molecule has 0 bridgehead atoms. The normalized spacial score (nSPS) is 23.9. The van der Waals surface area contributed by atoms with E-state index in [1.165, 1.54) is 49.1 Å². The van der Waals surface area contributed by atoms with Crippen LogP contribution in [0.1, 0.15) is 38.5 Å². The van der Waals surface area contributed by atoms with E-state index in [0.717, 1.165) is 25.0 Å². The van der Waals surface area contributed by atoms with Gasteiger partial charge in [-0.15, -0.1) is 11.8 Å². The Morgan fingerprint density at radius 3 is 2.55 bits per heavy atom. The number of rotatable bonds is 5. The molecule has 3 rings (SSSR count). The summed E-state index contributed by atoms with van der Waals surface area (Å²) >= 11 is 2.06. The van der Waals surface area contributed by atoms with Crippen LogP contribution < -0.4 is 5.32 Å². The Morgan fingerprint density at radius 2 is 1.85 bits per heavy atom. The lowest BCUT2D eigenvalue weighted by Crippen LogP contribution is -2.24. The fourth-order valence-electron chi connectivity index (χ4n) is 3.08. The summed E-state index contributed by atoms with van der Waals surface area (Å²) in [6, 6.07) is 8.98. The molecule has 1 atom stereocenters. The first-order valence-corrected chi connectivity index (χ1v) is 8.86. The minimum absolute atomic E-state index is 0.677. The van der Waals surface area contributed by atoms with Gasteiger partial charge in [0.15, 0.2) is 0 Å². The van der Waals surface area contributed by atoms with E-state index in [0.29, 0.717) is 5.92 Å². The molecule has 3 heteroatoms. The van der Waals surface area contributed by atoms with Gasteiger partial charge in [-0.25, -0.2) is 0 Å². The second kappa shape index (κ2) is 7.37. The summed E-state index contributed by atoms with van der Waals surface area (Å²) in [5.74, 6) is 0.677. The van der Waals surface area contributed by atoms with Crippen LogP contribution in [0.2, 0.25) is 0 Å². The van der Waals surface area contributed by atoms with Crippen molar-refractivity contribution in [1.29, 1.82) is 0 Å². The molecule has 1 aliphatic carbocycles. The molecular weight excluding hydrogens is 266 g/mol. The molecule has 2 fully saturated rings. The van der Waals surface area contributed by atoms with Crippen LogP contribution in [0.3, 0.4) is 0 Å². The van der Waals surface area contributed by atoms with Gasteiger partial charge in [-0.1, -0.05) is 12.8 Å². The highest BCUT2D eigenvalue weighted by molar-refractivity contribution is 8.00. The van der Waals surface area contributed by atoms with Crippen molar-refractivity contribution in [1.82, 2.24) is 0 Å². The summed E-state index contributed by atoms with van der Waals surface area (Å²) < 4.78 is 5.52. The van der Waals surface area contributed by atoms with Crippen molar-refractivity contribution in [3.8, 4) is 0 Å². The van der Waals surface area contributed by atoms with Gasteiger partial charge in [0, 0.05) is 29.0 Å². The van der Waals surface area contributed by atoms with Crippen molar-refractivity contribution < 1.29 is 4.74 Å². The minimum Gasteiger partial charge on any atom is -0.385 e. The van der Waals surface area contributed by atoms with Gasteiger partial charge in [0.25, 0.3) is 0 Å². The molecule has 1 aromatic rings. The molecule has 1 aliphatic heterocycles. The van der Waals surface area contributed by atoms with Crippen LogP contribution in [0, 0.1) is 5.92 Å². The Balaban J connectivity index is 1.45. The largest absolute Gasteiger partial charge is 0.385 e. The third-order valence-corrected chi connectivity index (χ3v) is 5.66. The van der Waals surface area contributed by atoms with Crippen molar-refractivity contribution in [2.24, 2.45) is 5.92 Å². The fraction of sp³-hybridized carbons (Fsp3) is 0.647. The molecule has 1 heterocycles. The first kappa shape index (κ1) is 14.3. The smallest absolute Gasteiger partial charge is 0.0511 e. The quantitative estimate of drug-likeness (QED) is 0.859. The number of hydrogen-bond acceptors (Lipinski definition) is 3. The molecule has 0 aromatic heterocycles. The molecule has 0 spiro atoms. The molecule has 20 heavy (non-hydrogen) atoms. The average molecular weight is 291 g/mol. The second-order valence-corrected chi connectivity index (χ2v) is 7.39. The number of benzene rings is 1. The van der Waals surface area contributed by atoms with E-state index in [1.807, 2.05) is 0 Å². The maximum Gasteiger partial charge on any atom is 0.0511 e. The van der Waals surface area contributed by atoms with Crippen LogP contribution in [-0.4, -0.2) is 25.0 Å². The van der Waals surface area contributed by atoms with Crippen LogP contribution in [-0.2, 0) is 4.74 Å². The molecule has 2 nitrogen and oxygen atoms in total. The zero-order valence-electron chi connectivity index (χ0n) is 12.1. The van der Waals surface area contributed by atoms with Crippen LogP contribution in [0.5, 0.6) is 0 Å².